The number of carbonyl (C=O) groups excluding carboxylic acids is 1. The van der Waals surface area contributed by atoms with Crippen LogP contribution in [0.15, 0.2) is 47.2 Å². The first kappa shape index (κ1) is 16.8. The van der Waals surface area contributed by atoms with E-state index in [4.69, 9.17) is 9.47 Å². The van der Waals surface area contributed by atoms with Crippen molar-refractivity contribution < 1.29 is 14.3 Å². The van der Waals surface area contributed by atoms with Crippen LogP contribution in [0.5, 0.6) is 11.5 Å². The van der Waals surface area contributed by atoms with Crippen molar-refractivity contribution in [2.75, 3.05) is 20.2 Å². The molecule has 1 aromatic carbocycles. The quantitative estimate of drug-likeness (QED) is 0.800. The van der Waals surface area contributed by atoms with Gasteiger partial charge in [-0.05, 0) is 59.1 Å². The Labute approximate surface area is 149 Å². The van der Waals surface area contributed by atoms with Gasteiger partial charge in [0.05, 0.1) is 19.2 Å². The van der Waals surface area contributed by atoms with Crippen LogP contribution in [0.2, 0.25) is 0 Å². The molecule has 3 rings (SSSR count). The van der Waals surface area contributed by atoms with Crippen molar-refractivity contribution in [1.82, 2.24) is 9.88 Å². The van der Waals surface area contributed by atoms with Gasteiger partial charge in [0, 0.05) is 23.4 Å². The maximum absolute atomic E-state index is 12.9. The highest BCUT2D eigenvalue weighted by Gasteiger charge is 2.27. The van der Waals surface area contributed by atoms with Crippen molar-refractivity contribution >= 4 is 21.8 Å². The highest BCUT2D eigenvalue weighted by atomic mass is 79.9. The Hall–Kier alpha value is -2.08. The standard InChI is InChI=1S/C18H19BrN2O3/c1-23-14-4-5-17(19)16(11-14)18(22)21-10-2-3-15(12-21)24-13-6-8-20-9-7-13/h4-9,11,15H,2-3,10,12H2,1H3. The number of hydrogen-bond donors (Lipinski definition) is 0. The maximum Gasteiger partial charge on any atom is 0.255 e. The molecule has 1 aliphatic rings. The summed E-state index contributed by atoms with van der Waals surface area (Å²) in [5.74, 6) is 1.44. The van der Waals surface area contributed by atoms with Crippen molar-refractivity contribution in [1.29, 1.82) is 0 Å². The fraction of sp³-hybridized carbons (Fsp3) is 0.333. The smallest absolute Gasteiger partial charge is 0.255 e. The number of rotatable bonds is 4. The minimum atomic E-state index is -0.0104. The van der Waals surface area contributed by atoms with Crippen LogP contribution in [0.4, 0.5) is 0 Å². The van der Waals surface area contributed by atoms with Gasteiger partial charge >= 0.3 is 0 Å². The van der Waals surface area contributed by atoms with E-state index in [1.54, 1.807) is 25.6 Å². The first-order valence-electron chi connectivity index (χ1n) is 7.87. The van der Waals surface area contributed by atoms with E-state index in [0.717, 1.165) is 29.6 Å². The molecule has 0 saturated carbocycles. The molecule has 1 fully saturated rings. The van der Waals surface area contributed by atoms with Gasteiger partial charge in [-0.2, -0.15) is 0 Å². The lowest BCUT2D eigenvalue weighted by molar-refractivity contribution is 0.0536. The molecule has 0 spiro atoms. The first-order valence-corrected chi connectivity index (χ1v) is 8.66. The van der Waals surface area contributed by atoms with Gasteiger partial charge in [-0.1, -0.05) is 0 Å². The molecular formula is C18H19BrN2O3. The number of aromatic nitrogens is 1. The molecule has 24 heavy (non-hydrogen) atoms. The molecule has 0 aliphatic carbocycles. The number of benzene rings is 1. The fourth-order valence-corrected chi connectivity index (χ4v) is 3.21. The number of hydrogen-bond acceptors (Lipinski definition) is 4. The summed E-state index contributed by atoms with van der Waals surface area (Å²) in [6.45, 7) is 1.31. The predicted molar refractivity (Wildman–Crippen MR) is 94.5 cm³/mol. The zero-order valence-electron chi connectivity index (χ0n) is 13.4. The summed E-state index contributed by atoms with van der Waals surface area (Å²) >= 11 is 3.45. The summed E-state index contributed by atoms with van der Waals surface area (Å²) in [4.78, 5) is 18.7. The van der Waals surface area contributed by atoms with Gasteiger partial charge in [-0.25, -0.2) is 0 Å². The normalized spacial score (nSPS) is 17.4. The Morgan fingerprint density at radius 3 is 2.79 bits per heavy atom. The van der Waals surface area contributed by atoms with Gasteiger partial charge in [0.15, 0.2) is 0 Å². The zero-order chi connectivity index (χ0) is 16.9. The number of nitrogens with zero attached hydrogens (tertiary/aromatic N) is 2. The molecule has 1 unspecified atom stereocenters. The van der Waals surface area contributed by atoms with E-state index in [2.05, 4.69) is 20.9 Å². The summed E-state index contributed by atoms with van der Waals surface area (Å²) in [5, 5.41) is 0. The molecule has 1 saturated heterocycles. The third kappa shape index (κ3) is 3.87. The van der Waals surface area contributed by atoms with Crippen LogP contribution in [-0.2, 0) is 0 Å². The van der Waals surface area contributed by atoms with Gasteiger partial charge in [-0.3, -0.25) is 9.78 Å². The predicted octanol–water partition coefficient (Wildman–Crippen LogP) is 3.54. The van der Waals surface area contributed by atoms with E-state index < -0.39 is 0 Å². The monoisotopic (exact) mass is 390 g/mol. The Balaban J connectivity index is 1.71. The van der Waals surface area contributed by atoms with E-state index in [1.165, 1.54) is 0 Å². The summed E-state index contributed by atoms with van der Waals surface area (Å²) < 4.78 is 12.0. The number of piperidine rings is 1. The van der Waals surface area contributed by atoms with Crippen molar-refractivity contribution in [2.24, 2.45) is 0 Å². The molecule has 1 aliphatic heterocycles. The largest absolute Gasteiger partial charge is 0.497 e. The molecule has 0 bridgehead atoms. The van der Waals surface area contributed by atoms with Crippen LogP contribution in [0.25, 0.3) is 0 Å². The molecule has 2 aromatic rings. The minimum absolute atomic E-state index is 0.00511. The van der Waals surface area contributed by atoms with E-state index >= 15 is 0 Å². The number of amides is 1. The van der Waals surface area contributed by atoms with Gasteiger partial charge < -0.3 is 14.4 Å². The summed E-state index contributed by atoms with van der Waals surface area (Å²) in [5.41, 5.74) is 0.610. The summed E-state index contributed by atoms with van der Waals surface area (Å²) in [6, 6.07) is 9.09. The third-order valence-electron chi connectivity index (χ3n) is 4.02. The summed E-state index contributed by atoms with van der Waals surface area (Å²) in [7, 11) is 1.59. The van der Waals surface area contributed by atoms with E-state index in [-0.39, 0.29) is 12.0 Å². The van der Waals surface area contributed by atoms with E-state index in [1.807, 2.05) is 29.2 Å². The van der Waals surface area contributed by atoms with Crippen molar-refractivity contribution in [3.8, 4) is 11.5 Å². The third-order valence-corrected chi connectivity index (χ3v) is 4.71. The molecule has 1 aromatic heterocycles. The molecule has 5 nitrogen and oxygen atoms in total. The first-order chi connectivity index (χ1) is 11.7. The average molecular weight is 391 g/mol. The van der Waals surface area contributed by atoms with Crippen molar-refractivity contribution in [2.45, 2.75) is 18.9 Å². The van der Waals surface area contributed by atoms with Gasteiger partial charge in [0.2, 0.25) is 0 Å². The lowest BCUT2D eigenvalue weighted by Crippen LogP contribution is -2.44. The number of methoxy groups -OCH3 is 1. The average Bonchev–Trinajstić information content (AvgIpc) is 2.63. The number of halogens is 1. The zero-order valence-corrected chi connectivity index (χ0v) is 15.0. The number of pyridine rings is 1. The topological polar surface area (TPSA) is 51.7 Å². The van der Waals surface area contributed by atoms with Crippen LogP contribution in [0.1, 0.15) is 23.2 Å². The van der Waals surface area contributed by atoms with Crippen LogP contribution >= 0.6 is 15.9 Å². The molecular weight excluding hydrogens is 372 g/mol. The van der Waals surface area contributed by atoms with Gasteiger partial charge in [-0.15, -0.1) is 0 Å². The van der Waals surface area contributed by atoms with Crippen LogP contribution in [0.3, 0.4) is 0 Å². The number of carbonyl (C=O) groups is 1. The maximum atomic E-state index is 12.9. The molecule has 1 amide bonds. The Morgan fingerprint density at radius 2 is 2.04 bits per heavy atom. The lowest BCUT2D eigenvalue weighted by Gasteiger charge is -2.33. The molecule has 0 N–H and O–H groups in total. The molecule has 2 heterocycles. The van der Waals surface area contributed by atoms with Gasteiger partial charge in [0.25, 0.3) is 5.91 Å². The molecule has 126 valence electrons. The molecule has 6 heteroatoms. The second kappa shape index (κ2) is 7.66. The van der Waals surface area contributed by atoms with Gasteiger partial charge in [0.1, 0.15) is 17.6 Å². The van der Waals surface area contributed by atoms with E-state index in [9.17, 15) is 4.79 Å². The molecule has 1 atom stereocenters. The second-order valence-electron chi connectivity index (χ2n) is 5.66. The van der Waals surface area contributed by atoms with Crippen LogP contribution in [0, 0.1) is 0 Å². The molecule has 0 radical (unpaired) electrons. The second-order valence-corrected chi connectivity index (χ2v) is 6.52. The fourth-order valence-electron chi connectivity index (χ4n) is 2.79. The minimum Gasteiger partial charge on any atom is -0.497 e. The highest BCUT2D eigenvalue weighted by Crippen LogP contribution is 2.26. The number of ether oxygens (including phenoxy) is 2. The Kier molecular flexibility index (Phi) is 5.35. The summed E-state index contributed by atoms with van der Waals surface area (Å²) in [6.07, 6.45) is 5.26. The van der Waals surface area contributed by atoms with Crippen LogP contribution in [-0.4, -0.2) is 42.1 Å². The lowest BCUT2D eigenvalue weighted by atomic mass is 10.1. The SMILES string of the molecule is COc1ccc(Br)c(C(=O)N2CCCC(Oc3ccncc3)C2)c1. The van der Waals surface area contributed by atoms with E-state index in [0.29, 0.717) is 17.9 Å². The Bertz CT molecular complexity index is 709. The van der Waals surface area contributed by atoms with Crippen molar-refractivity contribution in [3.05, 3.63) is 52.8 Å². The Morgan fingerprint density at radius 1 is 1.25 bits per heavy atom. The van der Waals surface area contributed by atoms with Crippen LogP contribution < -0.4 is 9.47 Å². The number of likely N-dealkylation sites (tertiary alicyclic amines) is 1. The highest BCUT2D eigenvalue weighted by molar-refractivity contribution is 9.10. The van der Waals surface area contributed by atoms with Crippen molar-refractivity contribution in [3.63, 3.8) is 0 Å².